The highest BCUT2D eigenvalue weighted by atomic mass is 16.5. The van der Waals surface area contributed by atoms with Gasteiger partial charge in [0.15, 0.2) is 11.5 Å². The van der Waals surface area contributed by atoms with Gasteiger partial charge in [0.25, 0.3) is 0 Å². The number of carboxylic acids is 1. The van der Waals surface area contributed by atoms with E-state index in [9.17, 15) is 9.90 Å². The number of ether oxygens (including phenoxy) is 3. The van der Waals surface area contributed by atoms with Crippen LogP contribution in [0.1, 0.15) is 21.5 Å². The van der Waals surface area contributed by atoms with Crippen LogP contribution in [0.15, 0.2) is 54.6 Å². The first-order valence-electron chi connectivity index (χ1n) is 9.80. The lowest BCUT2D eigenvalue weighted by Gasteiger charge is -2.21. The summed E-state index contributed by atoms with van der Waals surface area (Å²) in [4.78, 5) is 13.7. The third-order valence-electron chi connectivity index (χ3n) is 5.38. The van der Waals surface area contributed by atoms with Crippen molar-refractivity contribution in [3.8, 4) is 17.2 Å². The molecular weight excluding hydrogens is 396 g/mol. The first-order valence-corrected chi connectivity index (χ1v) is 9.80. The van der Waals surface area contributed by atoms with Gasteiger partial charge < -0.3 is 29.5 Å². The van der Waals surface area contributed by atoms with Crippen LogP contribution in [0.2, 0.25) is 0 Å². The third kappa shape index (κ3) is 3.94. The van der Waals surface area contributed by atoms with Gasteiger partial charge in [-0.15, -0.1) is 0 Å². The van der Waals surface area contributed by atoms with Gasteiger partial charge in [-0.3, -0.25) is 0 Å². The average molecular weight is 420 g/mol. The fourth-order valence-electron chi connectivity index (χ4n) is 3.84. The monoisotopic (exact) mass is 420 g/mol. The Bertz CT molecular complexity index is 1100. The summed E-state index contributed by atoms with van der Waals surface area (Å²) in [5, 5.41) is 12.6. The molecule has 0 amide bonds. The Kier molecular flexibility index (Phi) is 5.58. The highest BCUT2D eigenvalue weighted by Gasteiger charge is 2.23. The molecule has 7 nitrogen and oxygen atoms in total. The summed E-state index contributed by atoms with van der Waals surface area (Å²) < 4.78 is 16.4. The second kappa shape index (κ2) is 8.47. The van der Waals surface area contributed by atoms with Crippen LogP contribution in [0, 0.1) is 0 Å². The number of carbonyl (C=O) groups is 1. The first-order chi connectivity index (χ1) is 15.0. The minimum Gasteiger partial charge on any atom is -0.493 e. The van der Waals surface area contributed by atoms with Gasteiger partial charge in [-0.1, -0.05) is 18.2 Å². The van der Waals surface area contributed by atoms with E-state index < -0.39 is 5.97 Å². The van der Waals surface area contributed by atoms with Crippen molar-refractivity contribution in [3.05, 3.63) is 71.3 Å². The second-order valence-electron chi connectivity index (χ2n) is 7.20. The van der Waals surface area contributed by atoms with E-state index in [1.807, 2.05) is 24.3 Å². The number of rotatable bonds is 7. The Morgan fingerprint density at radius 1 is 0.903 bits per heavy atom. The predicted octanol–water partition coefficient (Wildman–Crippen LogP) is 4.67. The summed E-state index contributed by atoms with van der Waals surface area (Å²) in [7, 11) is 4.79. The van der Waals surface area contributed by atoms with Crippen LogP contribution in [-0.4, -0.2) is 32.4 Å². The third-order valence-corrected chi connectivity index (χ3v) is 5.38. The smallest absolute Gasteiger partial charge is 0.337 e. The maximum atomic E-state index is 11.5. The van der Waals surface area contributed by atoms with Crippen molar-refractivity contribution >= 4 is 23.0 Å². The van der Waals surface area contributed by atoms with Gasteiger partial charge >= 0.3 is 5.97 Å². The van der Waals surface area contributed by atoms with Crippen molar-refractivity contribution in [2.45, 2.75) is 13.1 Å². The van der Waals surface area contributed by atoms with Crippen LogP contribution >= 0.6 is 0 Å². The van der Waals surface area contributed by atoms with E-state index in [0.29, 0.717) is 29.5 Å². The standard InChI is InChI=1S/C24H24N2O5/c1-29-21-11-18(12-22(30-2)23(21)31-3)26-13-15-8-9-17(10-16(15)14-26)25-20-7-5-4-6-19(20)24(27)28/h4-12,25H,13-14H2,1-3H3,(H,27,28). The maximum Gasteiger partial charge on any atom is 0.337 e. The largest absolute Gasteiger partial charge is 0.493 e. The molecule has 1 heterocycles. The van der Waals surface area contributed by atoms with Gasteiger partial charge in [-0.25, -0.2) is 4.79 Å². The van der Waals surface area contributed by atoms with Crippen LogP contribution in [0.3, 0.4) is 0 Å². The van der Waals surface area contributed by atoms with Crippen LogP contribution < -0.4 is 24.4 Å². The molecule has 3 aromatic rings. The quantitative estimate of drug-likeness (QED) is 0.575. The van der Waals surface area contributed by atoms with Gasteiger partial charge in [0.1, 0.15) is 0 Å². The van der Waals surface area contributed by atoms with E-state index in [4.69, 9.17) is 14.2 Å². The molecule has 0 saturated carbocycles. The summed E-state index contributed by atoms with van der Waals surface area (Å²) in [6, 6.07) is 16.9. The SMILES string of the molecule is COc1cc(N2Cc3ccc(Nc4ccccc4C(=O)O)cc3C2)cc(OC)c1OC. The Morgan fingerprint density at radius 2 is 1.58 bits per heavy atom. The molecule has 0 aliphatic carbocycles. The number of hydrogen-bond acceptors (Lipinski definition) is 6. The van der Waals surface area contributed by atoms with Crippen molar-refractivity contribution in [1.82, 2.24) is 0 Å². The Morgan fingerprint density at radius 3 is 2.23 bits per heavy atom. The predicted molar refractivity (Wildman–Crippen MR) is 119 cm³/mol. The Labute approximate surface area is 180 Å². The van der Waals surface area contributed by atoms with Crippen molar-refractivity contribution in [3.63, 3.8) is 0 Å². The maximum absolute atomic E-state index is 11.5. The minimum atomic E-state index is -0.960. The minimum absolute atomic E-state index is 0.238. The van der Waals surface area contributed by atoms with Gasteiger partial charge in [-0.2, -0.15) is 0 Å². The van der Waals surface area contributed by atoms with Gasteiger partial charge in [0.2, 0.25) is 5.75 Å². The summed E-state index contributed by atoms with van der Waals surface area (Å²) in [6.07, 6.45) is 0. The van der Waals surface area contributed by atoms with Crippen molar-refractivity contribution in [1.29, 1.82) is 0 Å². The van der Waals surface area contributed by atoms with Crippen molar-refractivity contribution in [2.24, 2.45) is 0 Å². The number of aromatic carboxylic acids is 1. The number of para-hydroxylation sites is 1. The molecule has 0 aromatic heterocycles. The topological polar surface area (TPSA) is 80.3 Å². The molecule has 7 heteroatoms. The number of nitrogens with one attached hydrogen (secondary N) is 1. The van der Waals surface area contributed by atoms with Crippen molar-refractivity contribution in [2.75, 3.05) is 31.5 Å². The molecule has 0 unspecified atom stereocenters. The van der Waals surface area contributed by atoms with E-state index in [1.165, 1.54) is 11.1 Å². The molecule has 31 heavy (non-hydrogen) atoms. The Balaban J connectivity index is 1.59. The molecular formula is C24H24N2O5. The lowest BCUT2D eigenvalue weighted by Crippen LogP contribution is -2.14. The molecule has 1 aliphatic rings. The molecule has 0 saturated heterocycles. The highest BCUT2D eigenvalue weighted by Crippen LogP contribution is 2.42. The van der Waals surface area contributed by atoms with E-state index in [0.717, 1.165) is 17.9 Å². The normalized spacial score (nSPS) is 12.3. The molecule has 160 valence electrons. The fraction of sp³-hybridized carbons (Fsp3) is 0.208. The molecule has 0 spiro atoms. The lowest BCUT2D eigenvalue weighted by atomic mass is 10.1. The molecule has 0 radical (unpaired) electrons. The lowest BCUT2D eigenvalue weighted by molar-refractivity contribution is 0.0698. The van der Waals surface area contributed by atoms with E-state index in [-0.39, 0.29) is 5.56 Å². The van der Waals surface area contributed by atoms with Crippen LogP contribution in [-0.2, 0) is 13.1 Å². The Hall–Kier alpha value is -3.87. The van der Waals surface area contributed by atoms with Crippen molar-refractivity contribution < 1.29 is 24.1 Å². The average Bonchev–Trinajstić information content (AvgIpc) is 3.21. The first kappa shape index (κ1) is 20.4. The fourth-order valence-corrected chi connectivity index (χ4v) is 3.84. The number of anilines is 3. The molecule has 2 N–H and O–H groups in total. The van der Waals surface area contributed by atoms with E-state index in [2.05, 4.69) is 22.3 Å². The van der Waals surface area contributed by atoms with Crippen LogP contribution in [0.25, 0.3) is 0 Å². The van der Waals surface area contributed by atoms with Gasteiger partial charge in [0.05, 0.1) is 32.6 Å². The summed E-state index contributed by atoms with van der Waals surface area (Å²) in [5.41, 5.74) is 5.00. The zero-order chi connectivity index (χ0) is 22.0. The number of nitrogens with zero attached hydrogens (tertiary/aromatic N) is 1. The molecule has 0 atom stereocenters. The molecule has 4 rings (SSSR count). The number of hydrogen-bond donors (Lipinski definition) is 2. The van der Waals surface area contributed by atoms with E-state index >= 15 is 0 Å². The number of benzene rings is 3. The number of methoxy groups -OCH3 is 3. The van der Waals surface area contributed by atoms with Gasteiger partial charge in [0, 0.05) is 36.6 Å². The number of carboxylic acid groups (broad SMARTS) is 1. The highest BCUT2D eigenvalue weighted by molar-refractivity contribution is 5.95. The van der Waals surface area contributed by atoms with Crippen LogP contribution in [0.4, 0.5) is 17.1 Å². The summed E-state index contributed by atoms with van der Waals surface area (Å²) in [6.45, 7) is 1.46. The second-order valence-corrected chi connectivity index (χ2v) is 7.20. The summed E-state index contributed by atoms with van der Waals surface area (Å²) in [5.74, 6) is 0.827. The molecule has 3 aromatic carbocycles. The molecule has 0 bridgehead atoms. The van der Waals surface area contributed by atoms with E-state index in [1.54, 1.807) is 39.5 Å². The zero-order valence-corrected chi connectivity index (χ0v) is 17.6. The zero-order valence-electron chi connectivity index (χ0n) is 17.6. The molecule has 0 fully saturated rings. The summed E-state index contributed by atoms with van der Waals surface area (Å²) >= 11 is 0. The van der Waals surface area contributed by atoms with Gasteiger partial charge in [-0.05, 0) is 35.4 Å². The molecule has 1 aliphatic heterocycles. The van der Waals surface area contributed by atoms with Crippen LogP contribution in [0.5, 0.6) is 17.2 Å². The number of fused-ring (bicyclic) bond motifs is 1.